The van der Waals surface area contributed by atoms with E-state index in [9.17, 15) is 4.79 Å². The molecule has 29 heavy (non-hydrogen) atoms. The Bertz CT molecular complexity index is 669. The molecule has 1 aliphatic rings. The normalized spacial score (nSPS) is 16.6. The molecule has 1 aromatic carbocycles. The van der Waals surface area contributed by atoms with Crippen LogP contribution in [-0.2, 0) is 16.1 Å². The van der Waals surface area contributed by atoms with E-state index in [0.29, 0.717) is 26.3 Å². The first-order chi connectivity index (χ1) is 13.6. The zero-order valence-electron chi connectivity index (χ0n) is 17.9. The average Bonchev–Trinajstić information content (AvgIpc) is 2.72. The van der Waals surface area contributed by atoms with Crippen LogP contribution in [0.2, 0.25) is 0 Å². The molecule has 1 aromatic rings. The molecule has 1 heterocycles. The number of rotatable bonds is 8. The molecule has 7 nitrogen and oxygen atoms in total. The number of nitrogens with one attached hydrogen (secondary N) is 1. The van der Waals surface area contributed by atoms with Gasteiger partial charge in [-0.1, -0.05) is 6.07 Å². The molecule has 8 heteroatoms. The van der Waals surface area contributed by atoms with E-state index >= 15 is 0 Å². The Labute approximate surface area is 191 Å². The maximum atomic E-state index is 12.1. The number of hydrogen-bond acceptors (Lipinski definition) is 5. The highest BCUT2D eigenvalue weighted by molar-refractivity contribution is 14.0. The number of aliphatic imine (C=N–C) groups is 1. The van der Waals surface area contributed by atoms with Crippen molar-refractivity contribution in [2.45, 2.75) is 40.2 Å². The minimum Gasteiger partial charge on any atom is -0.493 e. The smallest absolute Gasteiger partial charge is 0.310 e. The first-order valence-electron chi connectivity index (χ1n) is 10.1. The number of piperidine rings is 1. The van der Waals surface area contributed by atoms with E-state index in [1.54, 1.807) is 7.11 Å². The predicted octanol–water partition coefficient (Wildman–Crippen LogP) is 3.45. The standard InChI is InChI=1S/C21H33N3O4.HI/c1-5-22-21(24-12-8-9-17(15-24)20(25)28-7-3)23-14-16-10-11-18(26-4)19(13-16)27-6-2;/h10-11,13,17H,5-9,12,14-15H2,1-4H3,(H,22,23);1H. The molecule has 0 aromatic heterocycles. The maximum absolute atomic E-state index is 12.1. The van der Waals surface area contributed by atoms with Crippen LogP contribution in [-0.4, -0.2) is 56.8 Å². The van der Waals surface area contributed by atoms with Crippen molar-refractivity contribution in [3.8, 4) is 11.5 Å². The van der Waals surface area contributed by atoms with Gasteiger partial charge in [-0.05, 0) is 51.3 Å². The predicted molar refractivity (Wildman–Crippen MR) is 125 cm³/mol. The molecule has 0 spiro atoms. The number of carbonyl (C=O) groups excluding carboxylic acids is 1. The molecule has 0 bridgehead atoms. The lowest BCUT2D eigenvalue weighted by atomic mass is 9.98. The van der Waals surface area contributed by atoms with Gasteiger partial charge in [-0.3, -0.25) is 4.79 Å². The van der Waals surface area contributed by atoms with Crippen molar-refractivity contribution in [2.24, 2.45) is 10.9 Å². The lowest BCUT2D eigenvalue weighted by molar-refractivity contribution is -0.149. The van der Waals surface area contributed by atoms with Gasteiger partial charge in [-0.25, -0.2) is 4.99 Å². The molecule has 0 radical (unpaired) electrons. The van der Waals surface area contributed by atoms with Gasteiger partial charge >= 0.3 is 5.97 Å². The Balaban J connectivity index is 0.00000420. The first kappa shape index (κ1) is 25.3. The van der Waals surface area contributed by atoms with Crippen molar-refractivity contribution < 1.29 is 19.0 Å². The number of halogens is 1. The molecule has 1 aliphatic heterocycles. The summed E-state index contributed by atoms with van der Waals surface area (Å²) < 4.78 is 16.2. The number of benzene rings is 1. The van der Waals surface area contributed by atoms with E-state index in [0.717, 1.165) is 49.0 Å². The van der Waals surface area contributed by atoms with Crippen molar-refractivity contribution in [1.29, 1.82) is 0 Å². The summed E-state index contributed by atoms with van der Waals surface area (Å²) in [4.78, 5) is 19.1. The molecular formula is C21H34IN3O4. The van der Waals surface area contributed by atoms with Crippen LogP contribution in [0.4, 0.5) is 0 Å². The largest absolute Gasteiger partial charge is 0.493 e. The molecule has 0 amide bonds. The van der Waals surface area contributed by atoms with Crippen LogP contribution in [0.3, 0.4) is 0 Å². The SMILES string of the molecule is CCNC(=NCc1ccc(OC)c(OCC)c1)N1CCCC(C(=O)OCC)C1.I. The summed E-state index contributed by atoms with van der Waals surface area (Å²) in [6.07, 6.45) is 1.82. The fourth-order valence-electron chi connectivity index (χ4n) is 3.30. The summed E-state index contributed by atoms with van der Waals surface area (Å²) in [6, 6.07) is 5.86. The molecule has 0 saturated carbocycles. The van der Waals surface area contributed by atoms with Crippen molar-refractivity contribution >= 4 is 35.9 Å². The van der Waals surface area contributed by atoms with Gasteiger partial charge in [0.1, 0.15) is 0 Å². The van der Waals surface area contributed by atoms with Crippen molar-refractivity contribution in [3.05, 3.63) is 23.8 Å². The van der Waals surface area contributed by atoms with Crippen molar-refractivity contribution in [3.63, 3.8) is 0 Å². The average molecular weight is 519 g/mol. The molecule has 1 atom stereocenters. The van der Waals surface area contributed by atoms with Gasteiger partial charge in [-0.2, -0.15) is 0 Å². The monoisotopic (exact) mass is 519 g/mol. The molecule has 1 N–H and O–H groups in total. The summed E-state index contributed by atoms with van der Waals surface area (Å²) in [5, 5.41) is 3.34. The van der Waals surface area contributed by atoms with Gasteiger partial charge in [0.05, 0.1) is 32.8 Å². The second-order valence-electron chi connectivity index (χ2n) is 6.63. The van der Waals surface area contributed by atoms with Crippen LogP contribution < -0.4 is 14.8 Å². The highest BCUT2D eigenvalue weighted by atomic mass is 127. The summed E-state index contributed by atoms with van der Waals surface area (Å²) in [5.41, 5.74) is 1.04. The van der Waals surface area contributed by atoms with Crippen LogP contribution in [0.5, 0.6) is 11.5 Å². The minimum atomic E-state index is -0.112. The van der Waals surface area contributed by atoms with Gasteiger partial charge < -0.3 is 24.4 Å². The van der Waals surface area contributed by atoms with Gasteiger partial charge in [0.25, 0.3) is 0 Å². The van der Waals surface area contributed by atoms with Gasteiger partial charge in [0.2, 0.25) is 0 Å². The molecule has 2 rings (SSSR count). The van der Waals surface area contributed by atoms with E-state index in [-0.39, 0.29) is 35.9 Å². The first-order valence-corrected chi connectivity index (χ1v) is 10.1. The zero-order chi connectivity index (χ0) is 20.4. The number of likely N-dealkylation sites (tertiary alicyclic amines) is 1. The Hall–Kier alpha value is -1.71. The van der Waals surface area contributed by atoms with Gasteiger partial charge in [0, 0.05) is 19.6 Å². The number of guanidine groups is 1. The van der Waals surface area contributed by atoms with E-state index in [4.69, 9.17) is 19.2 Å². The van der Waals surface area contributed by atoms with Crippen LogP contribution in [0.25, 0.3) is 0 Å². The third kappa shape index (κ3) is 7.56. The molecule has 0 aliphatic carbocycles. The number of nitrogens with zero attached hydrogens (tertiary/aromatic N) is 2. The van der Waals surface area contributed by atoms with Gasteiger partial charge in [-0.15, -0.1) is 24.0 Å². The third-order valence-electron chi connectivity index (χ3n) is 4.62. The summed E-state index contributed by atoms with van der Waals surface area (Å²) >= 11 is 0. The van der Waals surface area contributed by atoms with Gasteiger partial charge in [0.15, 0.2) is 17.5 Å². The van der Waals surface area contributed by atoms with Crippen LogP contribution >= 0.6 is 24.0 Å². The highest BCUT2D eigenvalue weighted by Crippen LogP contribution is 2.28. The fourth-order valence-corrected chi connectivity index (χ4v) is 3.30. The lowest BCUT2D eigenvalue weighted by Gasteiger charge is -2.34. The summed E-state index contributed by atoms with van der Waals surface area (Å²) in [7, 11) is 1.63. The second kappa shape index (κ2) is 13.5. The van der Waals surface area contributed by atoms with Crippen molar-refractivity contribution in [1.82, 2.24) is 10.2 Å². The van der Waals surface area contributed by atoms with E-state index < -0.39 is 0 Å². The molecule has 164 valence electrons. The van der Waals surface area contributed by atoms with Crippen LogP contribution in [0, 0.1) is 5.92 Å². The Morgan fingerprint density at radius 2 is 2.03 bits per heavy atom. The quantitative estimate of drug-likeness (QED) is 0.246. The van der Waals surface area contributed by atoms with Crippen molar-refractivity contribution in [2.75, 3.05) is 40.0 Å². The number of methoxy groups -OCH3 is 1. The van der Waals surface area contributed by atoms with E-state index in [1.807, 2.05) is 39.0 Å². The van der Waals surface area contributed by atoms with Crippen LogP contribution in [0.1, 0.15) is 39.2 Å². The topological polar surface area (TPSA) is 72.4 Å². The lowest BCUT2D eigenvalue weighted by Crippen LogP contribution is -2.48. The molecule has 1 fully saturated rings. The number of carbonyl (C=O) groups is 1. The zero-order valence-corrected chi connectivity index (χ0v) is 20.2. The minimum absolute atomic E-state index is 0. The number of hydrogen-bond donors (Lipinski definition) is 1. The maximum Gasteiger partial charge on any atom is 0.310 e. The van der Waals surface area contributed by atoms with E-state index in [2.05, 4.69) is 10.2 Å². The Morgan fingerprint density at radius 1 is 1.24 bits per heavy atom. The van der Waals surface area contributed by atoms with Crippen LogP contribution in [0.15, 0.2) is 23.2 Å². The number of esters is 1. The highest BCUT2D eigenvalue weighted by Gasteiger charge is 2.28. The molecule has 1 saturated heterocycles. The summed E-state index contributed by atoms with van der Waals surface area (Å²) in [5.74, 6) is 2.06. The second-order valence-corrected chi connectivity index (χ2v) is 6.63. The molecule has 1 unspecified atom stereocenters. The Kier molecular flexibility index (Phi) is 11.8. The summed E-state index contributed by atoms with van der Waals surface area (Å²) in [6.45, 7) is 9.64. The number of ether oxygens (including phenoxy) is 3. The fraction of sp³-hybridized carbons (Fsp3) is 0.619. The Morgan fingerprint density at radius 3 is 2.69 bits per heavy atom. The third-order valence-corrected chi connectivity index (χ3v) is 4.62. The van der Waals surface area contributed by atoms with E-state index in [1.165, 1.54) is 0 Å². The molecular weight excluding hydrogens is 485 g/mol.